The topological polar surface area (TPSA) is 56.0 Å². The molecular weight excluding hydrogens is 350 g/mol. The van der Waals surface area contributed by atoms with Gasteiger partial charge in [-0.2, -0.15) is 0 Å². The van der Waals surface area contributed by atoms with Gasteiger partial charge in [0, 0.05) is 45.3 Å². The molecule has 2 heterocycles. The van der Waals surface area contributed by atoms with Crippen LogP contribution in [0.2, 0.25) is 0 Å². The van der Waals surface area contributed by atoms with Crippen molar-refractivity contribution in [2.24, 2.45) is 4.99 Å². The second kappa shape index (κ2) is 10.9. The summed E-state index contributed by atoms with van der Waals surface area (Å²) in [5.74, 6) is 1.72. The molecular formula is C22H33N5O. The highest BCUT2D eigenvalue weighted by atomic mass is 16.3. The molecule has 0 spiro atoms. The highest BCUT2D eigenvalue weighted by Crippen LogP contribution is 2.24. The number of guanidine groups is 1. The van der Waals surface area contributed by atoms with Gasteiger partial charge in [0.2, 0.25) is 0 Å². The van der Waals surface area contributed by atoms with Crippen molar-refractivity contribution in [1.82, 2.24) is 20.4 Å². The first-order valence-corrected chi connectivity index (χ1v) is 10.3. The molecule has 1 aromatic heterocycles. The van der Waals surface area contributed by atoms with E-state index in [9.17, 15) is 0 Å². The van der Waals surface area contributed by atoms with Gasteiger partial charge in [0.25, 0.3) is 0 Å². The van der Waals surface area contributed by atoms with Crippen LogP contribution in [0.4, 0.5) is 0 Å². The lowest BCUT2D eigenvalue weighted by Crippen LogP contribution is -2.47. The van der Waals surface area contributed by atoms with E-state index < -0.39 is 0 Å². The number of benzene rings is 1. The van der Waals surface area contributed by atoms with Gasteiger partial charge in [-0.15, -0.1) is 0 Å². The molecule has 1 aliphatic heterocycles. The van der Waals surface area contributed by atoms with E-state index >= 15 is 0 Å². The van der Waals surface area contributed by atoms with Crippen LogP contribution in [0.25, 0.3) is 0 Å². The molecule has 0 radical (unpaired) electrons. The van der Waals surface area contributed by atoms with Crippen LogP contribution >= 0.6 is 0 Å². The van der Waals surface area contributed by atoms with E-state index in [2.05, 4.69) is 69.7 Å². The lowest BCUT2D eigenvalue weighted by Gasteiger charge is -2.40. The predicted octanol–water partition coefficient (Wildman–Crippen LogP) is 2.71. The van der Waals surface area contributed by atoms with Crippen molar-refractivity contribution in [3.8, 4) is 0 Å². The third-order valence-electron chi connectivity index (χ3n) is 5.11. The maximum Gasteiger partial charge on any atom is 0.191 e. The van der Waals surface area contributed by atoms with Gasteiger partial charge in [-0.1, -0.05) is 30.3 Å². The Bertz CT molecular complexity index is 701. The van der Waals surface area contributed by atoms with Crippen molar-refractivity contribution in [2.45, 2.75) is 25.9 Å². The molecule has 1 unspecified atom stereocenters. The maximum absolute atomic E-state index is 5.36. The van der Waals surface area contributed by atoms with Gasteiger partial charge in [0.1, 0.15) is 12.3 Å². The van der Waals surface area contributed by atoms with Crippen molar-refractivity contribution in [1.29, 1.82) is 0 Å². The van der Waals surface area contributed by atoms with E-state index in [1.54, 1.807) is 6.26 Å². The van der Waals surface area contributed by atoms with E-state index in [1.807, 2.05) is 12.1 Å². The number of rotatable bonds is 8. The van der Waals surface area contributed by atoms with E-state index in [-0.39, 0.29) is 0 Å². The van der Waals surface area contributed by atoms with E-state index in [0.29, 0.717) is 12.6 Å². The number of likely N-dealkylation sites (N-methyl/N-ethyl adjacent to an activating group) is 1. The van der Waals surface area contributed by atoms with Gasteiger partial charge in [0.15, 0.2) is 5.96 Å². The van der Waals surface area contributed by atoms with Crippen molar-refractivity contribution < 1.29 is 4.42 Å². The summed E-state index contributed by atoms with van der Waals surface area (Å²) in [7, 11) is 2.22. The van der Waals surface area contributed by atoms with E-state index in [1.165, 1.54) is 5.56 Å². The third-order valence-corrected chi connectivity index (χ3v) is 5.11. The highest BCUT2D eigenvalue weighted by molar-refractivity contribution is 5.79. The number of furan rings is 1. The fraction of sp³-hybridized carbons (Fsp3) is 0.500. The van der Waals surface area contributed by atoms with E-state index in [0.717, 1.165) is 57.4 Å². The van der Waals surface area contributed by atoms with Gasteiger partial charge in [-0.05, 0) is 38.1 Å². The van der Waals surface area contributed by atoms with Gasteiger partial charge >= 0.3 is 0 Å². The summed E-state index contributed by atoms with van der Waals surface area (Å²) in [5.41, 5.74) is 1.41. The van der Waals surface area contributed by atoms with Gasteiger partial charge < -0.3 is 20.0 Å². The largest absolute Gasteiger partial charge is 0.467 e. The van der Waals surface area contributed by atoms with Crippen LogP contribution in [0.5, 0.6) is 0 Å². The number of aliphatic imine (C=N–C) groups is 1. The predicted molar refractivity (Wildman–Crippen MR) is 114 cm³/mol. The minimum Gasteiger partial charge on any atom is -0.467 e. The Balaban J connectivity index is 1.48. The Morgan fingerprint density at radius 3 is 2.75 bits per heavy atom. The number of nitrogens with zero attached hydrogens (tertiary/aromatic N) is 3. The first-order valence-electron chi connectivity index (χ1n) is 10.3. The molecule has 3 rings (SSSR count). The summed E-state index contributed by atoms with van der Waals surface area (Å²) < 4.78 is 5.36. The summed E-state index contributed by atoms with van der Waals surface area (Å²) in [4.78, 5) is 9.64. The fourth-order valence-corrected chi connectivity index (χ4v) is 3.61. The average molecular weight is 384 g/mol. The summed E-state index contributed by atoms with van der Waals surface area (Å²) >= 11 is 0. The average Bonchev–Trinajstić information content (AvgIpc) is 3.24. The molecule has 152 valence electrons. The third kappa shape index (κ3) is 6.11. The van der Waals surface area contributed by atoms with E-state index in [4.69, 9.17) is 4.42 Å². The molecule has 0 aliphatic carbocycles. The van der Waals surface area contributed by atoms with Crippen molar-refractivity contribution >= 4 is 5.96 Å². The molecule has 1 aliphatic rings. The lowest BCUT2D eigenvalue weighted by atomic mass is 10.0. The summed E-state index contributed by atoms with van der Waals surface area (Å²) in [6.45, 7) is 8.79. The smallest absolute Gasteiger partial charge is 0.191 e. The fourth-order valence-electron chi connectivity index (χ4n) is 3.61. The second-order valence-electron chi connectivity index (χ2n) is 7.28. The van der Waals surface area contributed by atoms with Crippen LogP contribution in [-0.4, -0.2) is 62.1 Å². The number of nitrogens with one attached hydrogen (secondary N) is 2. The van der Waals surface area contributed by atoms with Crippen LogP contribution in [0.1, 0.15) is 30.7 Å². The Morgan fingerprint density at radius 2 is 2.00 bits per heavy atom. The van der Waals surface area contributed by atoms with Gasteiger partial charge in [0.05, 0.1) is 6.26 Å². The van der Waals surface area contributed by atoms with Crippen LogP contribution in [0, 0.1) is 0 Å². The normalized spacial score (nSPS) is 18.9. The Kier molecular flexibility index (Phi) is 7.94. The van der Waals surface area contributed by atoms with Crippen LogP contribution < -0.4 is 10.6 Å². The summed E-state index contributed by atoms with van der Waals surface area (Å²) in [5, 5.41) is 6.75. The van der Waals surface area contributed by atoms with Crippen LogP contribution in [-0.2, 0) is 6.54 Å². The van der Waals surface area contributed by atoms with Crippen LogP contribution in [0.3, 0.4) is 0 Å². The first-order chi connectivity index (χ1) is 13.8. The molecule has 28 heavy (non-hydrogen) atoms. The molecule has 1 saturated heterocycles. The van der Waals surface area contributed by atoms with Crippen LogP contribution in [0.15, 0.2) is 58.1 Å². The molecule has 1 fully saturated rings. The molecule has 0 amide bonds. The summed E-state index contributed by atoms with van der Waals surface area (Å²) in [6, 6.07) is 15.2. The minimum absolute atomic E-state index is 0.473. The molecule has 1 atom stereocenters. The zero-order chi connectivity index (χ0) is 19.6. The lowest BCUT2D eigenvalue weighted by molar-refractivity contribution is 0.0891. The standard InChI is InChI=1S/C22H33N5O/c1-3-23-22(25-17-20-11-7-16-28-20)24-12-8-13-27-15-14-26(2)18-21(27)19-9-5-4-6-10-19/h4-7,9-11,16,21H,3,8,12-15,17-18H2,1-2H3,(H2,23,24,25). The number of hydrogen-bond acceptors (Lipinski definition) is 4. The number of hydrogen-bond donors (Lipinski definition) is 2. The Hall–Kier alpha value is -2.31. The molecule has 0 saturated carbocycles. The summed E-state index contributed by atoms with van der Waals surface area (Å²) in [6.07, 6.45) is 2.77. The maximum atomic E-state index is 5.36. The molecule has 6 nitrogen and oxygen atoms in total. The Labute approximate surface area is 168 Å². The highest BCUT2D eigenvalue weighted by Gasteiger charge is 2.25. The minimum atomic E-state index is 0.473. The quantitative estimate of drug-likeness (QED) is 0.417. The first kappa shape index (κ1) is 20.4. The van der Waals surface area contributed by atoms with Gasteiger partial charge in [-0.25, -0.2) is 4.99 Å². The molecule has 6 heteroatoms. The molecule has 2 N–H and O–H groups in total. The molecule has 0 bridgehead atoms. The van der Waals surface area contributed by atoms with Crippen molar-refractivity contribution in [2.75, 3.05) is 46.3 Å². The molecule has 2 aromatic rings. The van der Waals surface area contributed by atoms with Crippen molar-refractivity contribution in [3.63, 3.8) is 0 Å². The monoisotopic (exact) mass is 383 g/mol. The van der Waals surface area contributed by atoms with Crippen molar-refractivity contribution in [3.05, 3.63) is 60.1 Å². The Morgan fingerprint density at radius 1 is 1.14 bits per heavy atom. The van der Waals surface area contributed by atoms with Gasteiger partial charge in [-0.3, -0.25) is 4.90 Å². The zero-order valence-corrected chi connectivity index (χ0v) is 17.1. The molecule has 1 aromatic carbocycles. The SMILES string of the molecule is CCNC(=NCc1ccco1)NCCCN1CCN(C)CC1c1ccccc1. The second-order valence-corrected chi connectivity index (χ2v) is 7.28. The zero-order valence-electron chi connectivity index (χ0n) is 17.1. The number of piperazine rings is 1.